The number of halogens is 2. The maximum Gasteiger partial charge on any atom is 0.129 e. The van der Waals surface area contributed by atoms with E-state index in [9.17, 15) is 8.78 Å². The summed E-state index contributed by atoms with van der Waals surface area (Å²) in [5.74, 6) is -1.08. The van der Waals surface area contributed by atoms with E-state index in [0.717, 1.165) is 24.6 Å². The zero-order chi connectivity index (χ0) is 14.4. The van der Waals surface area contributed by atoms with Gasteiger partial charge in [0.15, 0.2) is 0 Å². The van der Waals surface area contributed by atoms with Crippen LogP contribution in [-0.4, -0.2) is 16.7 Å². The summed E-state index contributed by atoms with van der Waals surface area (Å²) in [6, 6.07) is 5.46. The molecular weight excluding hydrogens is 260 g/mol. The summed E-state index contributed by atoms with van der Waals surface area (Å²) in [7, 11) is 0. The number of nitrogens with one attached hydrogen (secondary N) is 1. The maximum absolute atomic E-state index is 13.8. The van der Waals surface area contributed by atoms with Crippen LogP contribution in [0.1, 0.15) is 30.5 Å². The lowest BCUT2D eigenvalue weighted by molar-refractivity contribution is 0.506. The third kappa shape index (κ3) is 3.81. The highest BCUT2D eigenvalue weighted by molar-refractivity contribution is 5.23. The molecule has 0 fully saturated rings. The number of benzene rings is 1. The van der Waals surface area contributed by atoms with Crippen molar-refractivity contribution < 1.29 is 8.78 Å². The fraction of sp³-hybridized carbons (Fsp3) is 0.333. The largest absolute Gasteiger partial charge is 0.310 e. The van der Waals surface area contributed by atoms with Crippen molar-refractivity contribution in [1.29, 1.82) is 0 Å². The Bertz CT molecular complexity index is 546. The van der Waals surface area contributed by atoms with E-state index in [4.69, 9.17) is 0 Å². The molecule has 1 atom stereocenters. The van der Waals surface area contributed by atoms with E-state index in [2.05, 4.69) is 22.4 Å². The second-order valence-electron chi connectivity index (χ2n) is 4.62. The molecule has 1 N–H and O–H groups in total. The minimum absolute atomic E-state index is 0.0644. The van der Waals surface area contributed by atoms with Gasteiger partial charge in [0.1, 0.15) is 11.6 Å². The minimum atomic E-state index is -0.560. The number of hydrogen-bond donors (Lipinski definition) is 1. The highest BCUT2D eigenvalue weighted by Gasteiger charge is 2.14. The topological polar surface area (TPSA) is 37.8 Å². The first-order chi connectivity index (χ1) is 9.70. The van der Waals surface area contributed by atoms with Crippen molar-refractivity contribution in [3.8, 4) is 0 Å². The SMILES string of the molecule is CCCNC(Cc1ccc(F)cc1F)c1ccnnc1. The molecule has 1 aromatic carbocycles. The number of nitrogens with zero attached hydrogens (tertiary/aromatic N) is 2. The molecule has 1 heterocycles. The Morgan fingerprint density at radius 2 is 2.05 bits per heavy atom. The summed E-state index contributed by atoms with van der Waals surface area (Å²) < 4.78 is 26.7. The lowest BCUT2D eigenvalue weighted by Gasteiger charge is -2.19. The van der Waals surface area contributed by atoms with Gasteiger partial charge >= 0.3 is 0 Å². The van der Waals surface area contributed by atoms with E-state index < -0.39 is 11.6 Å². The Hall–Kier alpha value is -1.88. The van der Waals surface area contributed by atoms with Crippen molar-refractivity contribution in [2.24, 2.45) is 0 Å². The van der Waals surface area contributed by atoms with E-state index in [1.54, 1.807) is 12.4 Å². The number of hydrogen-bond acceptors (Lipinski definition) is 3. The lowest BCUT2D eigenvalue weighted by atomic mass is 10.00. The van der Waals surface area contributed by atoms with E-state index in [0.29, 0.717) is 12.0 Å². The van der Waals surface area contributed by atoms with Gasteiger partial charge in [-0.2, -0.15) is 10.2 Å². The Morgan fingerprint density at radius 3 is 2.70 bits per heavy atom. The molecule has 0 radical (unpaired) electrons. The summed E-state index contributed by atoms with van der Waals surface area (Å²) in [6.07, 6.45) is 4.68. The molecule has 2 aromatic rings. The fourth-order valence-electron chi connectivity index (χ4n) is 2.04. The zero-order valence-electron chi connectivity index (χ0n) is 11.3. The maximum atomic E-state index is 13.8. The van der Waals surface area contributed by atoms with E-state index >= 15 is 0 Å². The van der Waals surface area contributed by atoms with Crippen molar-refractivity contribution in [2.45, 2.75) is 25.8 Å². The van der Waals surface area contributed by atoms with Crippen molar-refractivity contribution in [1.82, 2.24) is 15.5 Å². The second kappa shape index (κ2) is 7.05. The van der Waals surface area contributed by atoms with E-state index in [1.165, 1.54) is 12.1 Å². The van der Waals surface area contributed by atoms with Crippen LogP contribution in [-0.2, 0) is 6.42 Å². The molecule has 0 amide bonds. The molecule has 0 bridgehead atoms. The van der Waals surface area contributed by atoms with Crippen LogP contribution in [0.3, 0.4) is 0 Å². The molecule has 1 unspecified atom stereocenters. The van der Waals surface area contributed by atoms with Crippen LogP contribution in [0.5, 0.6) is 0 Å². The standard InChI is InChI=1S/C15H17F2N3/c1-2-6-18-15(12-5-7-19-20-10-12)8-11-3-4-13(16)9-14(11)17/h3-5,7,9-10,15,18H,2,6,8H2,1H3. The molecule has 1 aromatic heterocycles. The lowest BCUT2D eigenvalue weighted by Crippen LogP contribution is -2.24. The molecule has 0 aliphatic heterocycles. The third-order valence-electron chi connectivity index (χ3n) is 3.09. The molecule has 0 saturated heterocycles. The molecule has 5 heteroatoms. The molecule has 0 spiro atoms. The molecule has 0 aliphatic rings. The molecule has 20 heavy (non-hydrogen) atoms. The monoisotopic (exact) mass is 277 g/mol. The molecule has 3 nitrogen and oxygen atoms in total. The zero-order valence-corrected chi connectivity index (χ0v) is 11.3. The predicted octanol–water partition coefficient (Wildman–Crippen LogP) is 3.04. The van der Waals surface area contributed by atoms with E-state index in [1.807, 2.05) is 6.07 Å². The third-order valence-corrected chi connectivity index (χ3v) is 3.09. The first-order valence-electron chi connectivity index (χ1n) is 6.64. The number of rotatable bonds is 6. The van der Waals surface area contributed by atoms with Crippen LogP contribution in [0.2, 0.25) is 0 Å². The summed E-state index contributed by atoms with van der Waals surface area (Å²) in [4.78, 5) is 0. The van der Waals surface area contributed by atoms with E-state index in [-0.39, 0.29) is 6.04 Å². The van der Waals surface area contributed by atoms with Gasteiger partial charge in [0.25, 0.3) is 0 Å². The average Bonchev–Trinajstić information content (AvgIpc) is 2.46. The Kier molecular flexibility index (Phi) is 5.12. The van der Waals surface area contributed by atoms with Crippen LogP contribution < -0.4 is 5.32 Å². The summed E-state index contributed by atoms with van der Waals surface area (Å²) in [5.41, 5.74) is 1.42. The van der Waals surface area contributed by atoms with Gasteiger partial charge in [0, 0.05) is 18.3 Å². The van der Waals surface area contributed by atoms with Crippen molar-refractivity contribution >= 4 is 0 Å². The highest BCUT2D eigenvalue weighted by Crippen LogP contribution is 2.20. The molecule has 0 saturated carbocycles. The molecule has 106 valence electrons. The quantitative estimate of drug-likeness (QED) is 0.882. The van der Waals surface area contributed by atoms with Crippen LogP contribution in [0.25, 0.3) is 0 Å². The first kappa shape index (κ1) is 14.5. The smallest absolute Gasteiger partial charge is 0.129 e. The molecule has 2 rings (SSSR count). The first-order valence-corrected chi connectivity index (χ1v) is 6.64. The van der Waals surface area contributed by atoms with Gasteiger partial charge < -0.3 is 5.32 Å². The molecular formula is C15H17F2N3. The van der Waals surface area contributed by atoms with Gasteiger partial charge in [-0.25, -0.2) is 8.78 Å². The summed E-state index contributed by atoms with van der Waals surface area (Å²) in [5, 5.41) is 10.9. The Labute approximate surface area is 117 Å². The minimum Gasteiger partial charge on any atom is -0.310 e. The van der Waals surface area contributed by atoms with Gasteiger partial charge in [-0.05, 0) is 42.6 Å². The second-order valence-corrected chi connectivity index (χ2v) is 4.62. The van der Waals surface area contributed by atoms with Gasteiger partial charge in [-0.1, -0.05) is 13.0 Å². The predicted molar refractivity (Wildman–Crippen MR) is 73.1 cm³/mol. The van der Waals surface area contributed by atoms with Crippen LogP contribution >= 0.6 is 0 Å². The highest BCUT2D eigenvalue weighted by atomic mass is 19.1. The summed E-state index contributed by atoms with van der Waals surface area (Å²) >= 11 is 0. The van der Waals surface area contributed by atoms with Crippen LogP contribution in [0.15, 0.2) is 36.7 Å². The van der Waals surface area contributed by atoms with Crippen LogP contribution in [0, 0.1) is 11.6 Å². The van der Waals surface area contributed by atoms with Crippen molar-refractivity contribution in [3.63, 3.8) is 0 Å². The van der Waals surface area contributed by atoms with Gasteiger partial charge in [-0.15, -0.1) is 0 Å². The van der Waals surface area contributed by atoms with Gasteiger partial charge in [0.2, 0.25) is 0 Å². The van der Waals surface area contributed by atoms with Crippen LogP contribution in [0.4, 0.5) is 8.78 Å². The van der Waals surface area contributed by atoms with Gasteiger partial charge in [-0.3, -0.25) is 0 Å². The van der Waals surface area contributed by atoms with Crippen molar-refractivity contribution in [3.05, 3.63) is 59.4 Å². The Balaban J connectivity index is 2.19. The molecule has 0 aliphatic carbocycles. The number of aromatic nitrogens is 2. The fourth-order valence-corrected chi connectivity index (χ4v) is 2.04. The van der Waals surface area contributed by atoms with Crippen molar-refractivity contribution in [2.75, 3.05) is 6.54 Å². The Morgan fingerprint density at radius 1 is 1.20 bits per heavy atom. The van der Waals surface area contributed by atoms with Gasteiger partial charge in [0.05, 0.1) is 6.20 Å². The normalized spacial score (nSPS) is 12.3. The average molecular weight is 277 g/mol. The summed E-state index contributed by atoms with van der Waals surface area (Å²) in [6.45, 7) is 2.88.